The van der Waals surface area contributed by atoms with Crippen LogP contribution >= 0.6 is 0 Å². The Balaban J connectivity index is 1.54. The molecule has 3 heterocycles. The molecule has 0 radical (unpaired) electrons. The molecule has 2 saturated heterocycles. The highest BCUT2D eigenvalue weighted by Crippen LogP contribution is 2.24. The van der Waals surface area contributed by atoms with E-state index in [-0.39, 0.29) is 11.7 Å². The van der Waals surface area contributed by atoms with Crippen LogP contribution in [0.15, 0.2) is 24.3 Å². The molecule has 0 aliphatic carbocycles. The first-order valence-corrected chi connectivity index (χ1v) is 9.30. The van der Waals surface area contributed by atoms with Gasteiger partial charge in [0.05, 0.1) is 11.1 Å². The lowest BCUT2D eigenvalue weighted by atomic mass is 10.1. The number of fused-ring (bicyclic) bond motifs is 1. The van der Waals surface area contributed by atoms with Gasteiger partial charge < -0.3 is 9.80 Å². The zero-order valence-corrected chi connectivity index (χ0v) is 15.4. The van der Waals surface area contributed by atoms with Crippen molar-refractivity contribution in [3.05, 3.63) is 41.3 Å². The average Bonchev–Trinajstić information content (AvgIpc) is 3.10. The lowest BCUT2D eigenvalue weighted by Gasteiger charge is -2.36. The molecule has 0 bridgehead atoms. The Bertz CT molecular complexity index is 827. The van der Waals surface area contributed by atoms with Crippen molar-refractivity contribution in [3.63, 3.8) is 0 Å². The Hall–Kier alpha value is -2.05. The molecule has 138 valence electrons. The van der Waals surface area contributed by atoms with Gasteiger partial charge in [-0.2, -0.15) is 0 Å². The highest BCUT2D eigenvalue weighted by molar-refractivity contribution is 6.06. The van der Waals surface area contributed by atoms with E-state index < -0.39 is 0 Å². The molecule has 1 atom stereocenters. The second-order valence-corrected chi connectivity index (χ2v) is 7.51. The molecule has 1 amide bonds. The van der Waals surface area contributed by atoms with Crippen LogP contribution in [0.3, 0.4) is 0 Å². The summed E-state index contributed by atoms with van der Waals surface area (Å²) in [4.78, 5) is 24.3. The van der Waals surface area contributed by atoms with Gasteiger partial charge in [-0.15, -0.1) is 0 Å². The van der Waals surface area contributed by atoms with Crippen LogP contribution in [-0.2, 0) is 0 Å². The van der Waals surface area contributed by atoms with Gasteiger partial charge in [0.15, 0.2) is 0 Å². The number of carbonyl (C=O) groups excluding carboxylic acids is 1. The van der Waals surface area contributed by atoms with Crippen LogP contribution in [0.5, 0.6) is 0 Å². The predicted octanol–water partition coefficient (Wildman–Crippen LogP) is 2.14. The normalized spacial score (nSPS) is 22.3. The van der Waals surface area contributed by atoms with Crippen molar-refractivity contribution in [1.82, 2.24) is 19.7 Å². The maximum atomic E-state index is 13.5. The summed E-state index contributed by atoms with van der Waals surface area (Å²) in [6.45, 7) is 7.71. The van der Waals surface area contributed by atoms with Gasteiger partial charge in [0, 0.05) is 62.5 Å². The summed E-state index contributed by atoms with van der Waals surface area (Å²) in [7, 11) is 2.15. The number of pyridine rings is 1. The van der Waals surface area contributed by atoms with Crippen molar-refractivity contribution in [1.29, 1.82) is 0 Å². The molecule has 6 heteroatoms. The molecule has 5 nitrogen and oxygen atoms in total. The third-order valence-electron chi connectivity index (χ3n) is 5.64. The summed E-state index contributed by atoms with van der Waals surface area (Å²) in [6, 6.07) is 6.73. The van der Waals surface area contributed by atoms with E-state index in [2.05, 4.69) is 21.8 Å². The van der Waals surface area contributed by atoms with Gasteiger partial charge in [0.2, 0.25) is 0 Å². The van der Waals surface area contributed by atoms with Crippen LogP contribution in [0, 0.1) is 12.7 Å². The molecular weight excluding hydrogens is 331 g/mol. The van der Waals surface area contributed by atoms with E-state index >= 15 is 0 Å². The van der Waals surface area contributed by atoms with Crippen molar-refractivity contribution >= 4 is 16.8 Å². The Kier molecular flexibility index (Phi) is 4.63. The molecule has 2 aromatic rings. The molecule has 1 unspecified atom stereocenters. The number of nitrogens with zero attached hydrogens (tertiary/aromatic N) is 4. The molecular formula is C20H25FN4O. The van der Waals surface area contributed by atoms with Gasteiger partial charge in [-0.3, -0.25) is 14.7 Å². The molecule has 26 heavy (non-hydrogen) atoms. The number of aromatic nitrogens is 1. The summed E-state index contributed by atoms with van der Waals surface area (Å²) in [5, 5.41) is 0.727. The van der Waals surface area contributed by atoms with E-state index in [9.17, 15) is 9.18 Å². The number of likely N-dealkylation sites (tertiary alicyclic amines) is 1. The van der Waals surface area contributed by atoms with Gasteiger partial charge in [-0.25, -0.2) is 4.39 Å². The van der Waals surface area contributed by atoms with Crippen molar-refractivity contribution in [2.45, 2.75) is 19.4 Å². The van der Waals surface area contributed by atoms with Gasteiger partial charge in [0.1, 0.15) is 5.82 Å². The van der Waals surface area contributed by atoms with Crippen molar-refractivity contribution < 1.29 is 9.18 Å². The van der Waals surface area contributed by atoms with E-state index in [0.29, 0.717) is 17.1 Å². The van der Waals surface area contributed by atoms with Crippen molar-refractivity contribution in [3.8, 4) is 0 Å². The molecule has 2 aliphatic rings. The number of likely N-dealkylation sites (N-methyl/N-ethyl adjacent to an activating group) is 1. The number of amides is 1. The monoisotopic (exact) mass is 356 g/mol. The first-order valence-electron chi connectivity index (χ1n) is 9.30. The maximum absolute atomic E-state index is 13.5. The van der Waals surface area contributed by atoms with Gasteiger partial charge in [-0.05, 0) is 38.6 Å². The SMILES string of the molecule is Cc1cc(C(=O)N2CCC(N3CCN(C)CC3)C2)c2ccc(F)cc2n1. The number of halogens is 1. The van der Waals surface area contributed by atoms with Gasteiger partial charge in [-0.1, -0.05) is 0 Å². The Morgan fingerprint density at radius 2 is 1.92 bits per heavy atom. The molecule has 0 N–H and O–H groups in total. The minimum Gasteiger partial charge on any atom is -0.337 e. The Morgan fingerprint density at radius 3 is 2.69 bits per heavy atom. The van der Waals surface area contributed by atoms with Crippen molar-refractivity contribution in [2.24, 2.45) is 0 Å². The molecule has 0 saturated carbocycles. The minimum atomic E-state index is -0.328. The predicted molar refractivity (Wildman–Crippen MR) is 99.8 cm³/mol. The zero-order valence-electron chi connectivity index (χ0n) is 15.4. The first-order chi connectivity index (χ1) is 12.5. The van der Waals surface area contributed by atoms with E-state index in [0.717, 1.165) is 56.8 Å². The molecule has 0 spiro atoms. The van der Waals surface area contributed by atoms with Crippen LogP contribution in [0.4, 0.5) is 4.39 Å². The fourth-order valence-electron chi connectivity index (χ4n) is 4.09. The van der Waals surface area contributed by atoms with Crippen molar-refractivity contribution in [2.75, 3.05) is 46.3 Å². The van der Waals surface area contributed by atoms with Crippen LogP contribution in [0.1, 0.15) is 22.5 Å². The van der Waals surface area contributed by atoms with Crippen LogP contribution in [0.2, 0.25) is 0 Å². The van der Waals surface area contributed by atoms with E-state index in [1.54, 1.807) is 6.07 Å². The second-order valence-electron chi connectivity index (χ2n) is 7.51. The molecule has 1 aromatic heterocycles. The summed E-state index contributed by atoms with van der Waals surface area (Å²) < 4.78 is 13.5. The summed E-state index contributed by atoms with van der Waals surface area (Å²) >= 11 is 0. The molecule has 2 aliphatic heterocycles. The molecule has 1 aromatic carbocycles. The fraction of sp³-hybridized carbons (Fsp3) is 0.500. The fourth-order valence-corrected chi connectivity index (χ4v) is 4.09. The highest BCUT2D eigenvalue weighted by Gasteiger charge is 2.32. The Morgan fingerprint density at radius 1 is 1.15 bits per heavy atom. The van der Waals surface area contributed by atoms with Crippen LogP contribution in [-0.4, -0.2) is 77.9 Å². The van der Waals surface area contributed by atoms with E-state index in [1.807, 2.05) is 17.9 Å². The lowest BCUT2D eigenvalue weighted by Crippen LogP contribution is -2.50. The minimum absolute atomic E-state index is 0.0312. The van der Waals surface area contributed by atoms with Crippen LogP contribution in [0.25, 0.3) is 10.9 Å². The topological polar surface area (TPSA) is 39.7 Å². The first kappa shape index (κ1) is 17.4. The number of carbonyl (C=O) groups is 1. The molecule has 4 rings (SSSR count). The standard InChI is InChI=1S/C20H25FN4O/c1-14-11-18(17-4-3-15(21)12-19(17)22-14)20(26)25-6-5-16(13-25)24-9-7-23(2)8-10-24/h3-4,11-12,16H,5-10,13H2,1-2H3. The summed E-state index contributed by atoms with van der Waals surface area (Å²) in [5.41, 5.74) is 1.91. The number of aryl methyl sites for hydroxylation is 1. The van der Waals surface area contributed by atoms with Gasteiger partial charge >= 0.3 is 0 Å². The average molecular weight is 356 g/mol. The highest BCUT2D eigenvalue weighted by atomic mass is 19.1. The molecule has 2 fully saturated rings. The zero-order chi connectivity index (χ0) is 18.3. The van der Waals surface area contributed by atoms with E-state index in [4.69, 9.17) is 0 Å². The van der Waals surface area contributed by atoms with Crippen LogP contribution < -0.4 is 0 Å². The largest absolute Gasteiger partial charge is 0.337 e. The number of hydrogen-bond acceptors (Lipinski definition) is 4. The smallest absolute Gasteiger partial charge is 0.254 e. The number of hydrogen-bond donors (Lipinski definition) is 0. The Labute approximate surface area is 153 Å². The third kappa shape index (κ3) is 3.31. The third-order valence-corrected chi connectivity index (χ3v) is 5.64. The number of rotatable bonds is 2. The summed E-state index contributed by atoms with van der Waals surface area (Å²) in [6.07, 6.45) is 1.02. The summed E-state index contributed by atoms with van der Waals surface area (Å²) in [5.74, 6) is -0.297. The van der Waals surface area contributed by atoms with E-state index in [1.165, 1.54) is 12.1 Å². The quantitative estimate of drug-likeness (QED) is 0.827. The lowest BCUT2D eigenvalue weighted by molar-refractivity contribution is 0.0757. The number of piperazine rings is 1. The number of benzene rings is 1. The van der Waals surface area contributed by atoms with Gasteiger partial charge in [0.25, 0.3) is 5.91 Å². The second kappa shape index (κ2) is 6.93. The maximum Gasteiger partial charge on any atom is 0.254 e.